The van der Waals surface area contributed by atoms with Crippen LogP contribution in [0.2, 0.25) is 0 Å². The number of hydrogen-bond acceptors (Lipinski definition) is 2. The molecule has 1 N–H and O–H groups in total. The largest absolute Gasteiger partial charge is 0.320 e. The van der Waals surface area contributed by atoms with Crippen LogP contribution in [0.4, 0.5) is 14.5 Å². The summed E-state index contributed by atoms with van der Waals surface area (Å²) in [5.74, 6) is -3.23. The van der Waals surface area contributed by atoms with Crippen LogP contribution in [-0.4, -0.2) is 5.91 Å². The Labute approximate surface area is 104 Å². The topological polar surface area (TPSA) is 52.9 Å². The first kappa shape index (κ1) is 14.1. The Kier molecular flexibility index (Phi) is 4.78. The van der Waals surface area contributed by atoms with E-state index in [1.165, 1.54) is 13.0 Å². The summed E-state index contributed by atoms with van der Waals surface area (Å²) in [5.41, 5.74) is -0.257. The molecule has 1 amide bonds. The van der Waals surface area contributed by atoms with Gasteiger partial charge in [-0.05, 0) is 25.0 Å². The minimum absolute atomic E-state index is 0.232. The lowest BCUT2D eigenvalue weighted by Gasteiger charge is -2.11. The highest BCUT2D eigenvalue weighted by molar-refractivity contribution is 5.94. The van der Waals surface area contributed by atoms with Gasteiger partial charge in [0.2, 0.25) is 5.91 Å². The van der Waals surface area contributed by atoms with Crippen molar-refractivity contribution in [3.8, 4) is 6.07 Å². The Morgan fingerprint density at radius 1 is 1.50 bits per heavy atom. The van der Waals surface area contributed by atoms with Crippen LogP contribution in [0, 0.1) is 35.8 Å². The molecule has 0 fully saturated rings. The fourth-order valence-corrected chi connectivity index (χ4v) is 1.52. The highest BCUT2D eigenvalue weighted by Gasteiger charge is 2.20. The second-order valence-electron chi connectivity index (χ2n) is 4.01. The van der Waals surface area contributed by atoms with Gasteiger partial charge in [0.15, 0.2) is 5.82 Å². The van der Waals surface area contributed by atoms with Gasteiger partial charge >= 0.3 is 0 Å². The van der Waals surface area contributed by atoms with Crippen molar-refractivity contribution in [1.29, 1.82) is 5.26 Å². The minimum Gasteiger partial charge on any atom is -0.320 e. The molecule has 0 aromatic heterocycles. The molecular weight excluding hydrogens is 238 g/mol. The van der Waals surface area contributed by atoms with Crippen LogP contribution in [0.1, 0.15) is 25.3 Å². The monoisotopic (exact) mass is 252 g/mol. The SMILES string of the molecule is CCCC(C#N)C(=O)Nc1c(F)ccc(C)c1F. The lowest BCUT2D eigenvalue weighted by atomic mass is 10.0. The molecule has 1 unspecified atom stereocenters. The van der Waals surface area contributed by atoms with E-state index in [9.17, 15) is 13.6 Å². The van der Waals surface area contributed by atoms with Gasteiger partial charge in [0.25, 0.3) is 0 Å². The van der Waals surface area contributed by atoms with Crippen LogP contribution >= 0.6 is 0 Å². The molecule has 0 heterocycles. The van der Waals surface area contributed by atoms with E-state index in [4.69, 9.17) is 5.26 Å². The Morgan fingerprint density at radius 2 is 2.17 bits per heavy atom. The van der Waals surface area contributed by atoms with Crippen molar-refractivity contribution in [2.24, 2.45) is 5.92 Å². The minimum atomic E-state index is -0.894. The molecule has 1 atom stereocenters. The quantitative estimate of drug-likeness (QED) is 0.894. The molecule has 5 heteroatoms. The normalized spacial score (nSPS) is 11.7. The first-order valence-electron chi connectivity index (χ1n) is 5.66. The number of hydrogen-bond donors (Lipinski definition) is 1. The Balaban J connectivity index is 2.95. The number of nitriles is 1. The van der Waals surface area contributed by atoms with Gasteiger partial charge in [0, 0.05) is 0 Å². The van der Waals surface area contributed by atoms with E-state index in [0.29, 0.717) is 12.8 Å². The first-order chi connectivity index (χ1) is 8.51. The van der Waals surface area contributed by atoms with Gasteiger partial charge in [-0.2, -0.15) is 5.26 Å². The molecular formula is C13H14F2N2O. The predicted octanol–water partition coefficient (Wildman–Crippen LogP) is 3.15. The smallest absolute Gasteiger partial charge is 0.241 e. The maximum absolute atomic E-state index is 13.6. The summed E-state index contributed by atoms with van der Waals surface area (Å²) in [7, 11) is 0. The molecule has 0 saturated heterocycles. The van der Waals surface area contributed by atoms with Gasteiger partial charge in [0.1, 0.15) is 17.4 Å². The number of carbonyl (C=O) groups is 1. The fourth-order valence-electron chi connectivity index (χ4n) is 1.52. The molecule has 18 heavy (non-hydrogen) atoms. The first-order valence-corrected chi connectivity index (χ1v) is 5.66. The highest BCUT2D eigenvalue weighted by atomic mass is 19.1. The van der Waals surface area contributed by atoms with Gasteiger partial charge < -0.3 is 5.32 Å². The third-order valence-electron chi connectivity index (χ3n) is 2.58. The van der Waals surface area contributed by atoms with Crippen LogP contribution in [-0.2, 0) is 4.79 Å². The zero-order valence-electron chi connectivity index (χ0n) is 10.3. The molecule has 0 aliphatic carbocycles. The van der Waals surface area contributed by atoms with Crippen molar-refractivity contribution in [1.82, 2.24) is 0 Å². The van der Waals surface area contributed by atoms with E-state index >= 15 is 0 Å². The Morgan fingerprint density at radius 3 is 2.72 bits per heavy atom. The zero-order valence-corrected chi connectivity index (χ0v) is 10.3. The number of amides is 1. The summed E-state index contributed by atoms with van der Waals surface area (Å²) in [5, 5.41) is 10.9. The molecule has 0 aliphatic rings. The second-order valence-corrected chi connectivity index (χ2v) is 4.01. The van der Waals surface area contributed by atoms with Crippen LogP contribution < -0.4 is 5.32 Å². The molecule has 96 valence electrons. The van der Waals surface area contributed by atoms with Crippen molar-refractivity contribution in [2.45, 2.75) is 26.7 Å². The van der Waals surface area contributed by atoms with Crippen molar-refractivity contribution < 1.29 is 13.6 Å². The second kappa shape index (κ2) is 6.10. The molecule has 1 aromatic rings. The highest BCUT2D eigenvalue weighted by Crippen LogP contribution is 2.22. The molecule has 0 radical (unpaired) electrons. The van der Waals surface area contributed by atoms with Crippen molar-refractivity contribution in [3.63, 3.8) is 0 Å². The van der Waals surface area contributed by atoms with E-state index in [2.05, 4.69) is 5.32 Å². The zero-order chi connectivity index (χ0) is 13.7. The number of nitrogens with one attached hydrogen (secondary N) is 1. The number of anilines is 1. The van der Waals surface area contributed by atoms with Gasteiger partial charge in [-0.25, -0.2) is 8.78 Å². The lowest BCUT2D eigenvalue weighted by molar-refractivity contribution is -0.118. The summed E-state index contributed by atoms with van der Waals surface area (Å²) >= 11 is 0. The third kappa shape index (κ3) is 3.04. The summed E-state index contributed by atoms with van der Waals surface area (Å²) in [6.45, 7) is 3.30. The average Bonchev–Trinajstić information content (AvgIpc) is 2.36. The van der Waals surface area contributed by atoms with E-state index in [-0.39, 0.29) is 5.56 Å². The number of nitrogens with zero attached hydrogens (tertiary/aromatic N) is 1. The van der Waals surface area contributed by atoms with Crippen LogP contribution in [0.5, 0.6) is 0 Å². The van der Waals surface area contributed by atoms with E-state index in [1.54, 1.807) is 0 Å². The maximum atomic E-state index is 13.6. The summed E-state index contributed by atoms with van der Waals surface area (Å²) in [4.78, 5) is 11.7. The molecule has 3 nitrogen and oxygen atoms in total. The van der Waals surface area contributed by atoms with Gasteiger partial charge in [-0.3, -0.25) is 4.79 Å². The number of rotatable bonds is 4. The molecule has 0 saturated carbocycles. The molecule has 1 rings (SSSR count). The van der Waals surface area contributed by atoms with Crippen molar-refractivity contribution >= 4 is 11.6 Å². The van der Waals surface area contributed by atoms with Crippen molar-refractivity contribution in [3.05, 3.63) is 29.3 Å². The number of aryl methyl sites for hydroxylation is 1. The average molecular weight is 252 g/mol. The van der Waals surface area contributed by atoms with E-state index in [0.717, 1.165) is 6.07 Å². The third-order valence-corrected chi connectivity index (χ3v) is 2.58. The van der Waals surface area contributed by atoms with Crippen LogP contribution in [0.15, 0.2) is 12.1 Å². The number of carbonyl (C=O) groups excluding carboxylic acids is 1. The standard InChI is InChI=1S/C13H14F2N2O/c1-3-4-9(7-16)13(18)17-12-10(14)6-5-8(2)11(12)15/h5-6,9H,3-4H2,1-2H3,(H,17,18). The summed E-state index contributed by atoms with van der Waals surface area (Å²) in [6.07, 6.45) is 1.00. The molecule has 0 spiro atoms. The number of benzene rings is 1. The summed E-state index contributed by atoms with van der Waals surface area (Å²) in [6, 6.07) is 4.18. The molecule has 1 aromatic carbocycles. The van der Waals surface area contributed by atoms with Crippen molar-refractivity contribution in [2.75, 3.05) is 5.32 Å². The fraction of sp³-hybridized carbons (Fsp3) is 0.385. The van der Waals surface area contributed by atoms with Crippen LogP contribution in [0.25, 0.3) is 0 Å². The lowest BCUT2D eigenvalue weighted by Crippen LogP contribution is -2.23. The molecule has 0 aliphatic heterocycles. The Hall–Kier alpha value is -1.96. The van der Waals surface area contributed by atoms with Gasteiger partial charge in [-0.15, -0.1) is 0 Å². The van der Waals surface area contributed by atoms with E-state index < -0.39 is 29.1 Å². The Bertz CT molecular complexity index is 494. The van der Waals surface area contributed by atoms with Crippen LogP contribution in [0.3, 0.4) is 0 Å². The molecule has 0 bridgehead atoms. The summed E-state index contributed by atoms with van der Waals surface area (Å²) < 4.78 is 27.0. The predicted molar refractivity (Wildman–Crippen MR) is 63.7 cm³/mol. The maximum Gasteiger partial charge on any atom is 0.241 e. The van der Waals surface area contributed by atoms with Gasteiger partial charge in [0.05, 0.1) is 6.07 Å². The number of halogens is 2. The van der Waals surface area contributed by atoms with E-state index in [1.807, 2.05) is 13.0 Å². The van der Waals surface area contributed by atoms with Gasteiger partial charge in [-0.1, -0.05) is 19.4 Å².